The first-order valence-electron chi connectivity index (χ1n) is 7.52. The third-order valence-electron chi connectivity index (χ3n) is 5.24. The number of carbonyl (C=O) groups excluding carboxylic acids is 1. The van der Waals surface area contributed by atoms with E-state index in [9.17, 15) is 9.18 Å². The molecule has 0 spiro atoms. The van der Waals surface area contributed by atoms with Crippen molar-refractivity contribution in [3.63, 3.8) is 0 Å². The molecule has 1 heterocycles. The zero-order valence-corrected chi connectivity index (χ0v) is 11.4. The highest BCUT2D eigenvalue weighted by molar-refractivity contribution is 5.81. The summed E-state index contributed by atoms with van der Waals surface area (Å²) in [7, 11) is 0. The zero-order valence-electron chi connectivity index (χ0n) is 11.4. The minimum absolute atomic E-state index is 0.150. The fourth-order valence-electron chi connectivity index (χ4n) is 4.40. The summed E-state index contributed by atoms with van der Waals surface area (Å²) in [4.78, 5) is 14.3. The van der Waals surface area contributed by atoms with Crippen LogP contribution in [0.3, 0.4) is 0 Å². The normalized spacial score (nSPS) is 36.0. The first-order chi connectivity index (χ1) is 9.72. The third kappa shape index (κ3) is 1.85. The second kappa shape index (κ2) is 4.55. The number of nitrogens with zero attached hydrogens (tertiary/aromatic N) is 1. The molecule has 1 amide bonds. The first-order valence-corrected chi connectivity index (χ1v) is 7.52. The first kappa shape index (κ1) is 12.3. The van der Waals surface area contributed by atoms with Crippen LogP contribution in [0.4, 0.5) is 4.39 Å². The second-order valence-corrected chi connectivity index (χ2v) is 6.38. The maximum Gasteiger partial charge on any atom is 0.238 e. The number of nitrogens with one attached hydrogen (secondary N) is 1. The third-order valence-corrected chi connectivity index (χ3v) is 5.24. The molecule has 4 heteroatoms. The van der Waals surface area contributed by atoms with Gasteiger partial charge in [-0.1, -0.05) is 18.6 Å². The highest BCUT2D eigenvalue weighted by Gasteiger charge is 2.47. The van der Waals surface area contributed by atoms with Crippen molar-refractivity contribution in [2.75, 3.05) is 6.54 Å². The van der Waals surface area contributed by atoms with E-state index >= 15 is 0 Å². The van der Waals surface area contributed by atoms with Gasteiger partial charge in [-0.3, -0.25) is 10.1 Å². The van der Waals surface area contributed by atoms with Crippen LogP contribution in [0.1, 0.15) is 37.4 Å². The molecular weight excluding hydrogens is 255 g/mol. The van der Waals surface area contributed by atoms with Gasteiger partial charge in [0.1, 0.15) is 12.0 Å². The lowest BCUT2D eigenvalue weighted by Crippen LogP contribution is -2.42. The van der Waals surface area contributed by atoms with Crippen molar-refractivity contribution < 1.29 is 9.18 Å². The molecule has 0 aromatic heterocycles. The monoisotopic (exact) mass is 274 g/mol. The molecule has 3 aliphatic rings. The zero-order chi connectivity index (χ0) is 13.7. The highest BCUT2D eigenvalue weighted by atomic mass is 19.1. The molecule has 106 valence electrons. The van der Waals surface area contributed by atoms with E-state index < -0.39 is 0 Å². The molecule has 1 N–H and O–H groups in total. The van der Waals surface area contributed by atoms with Crippen molar-refractivity contribution in [3.05, 3.63) is 35.6 Å². The number of rotatable bonds is 2. The molecule has 1 aliphatic heterocycles. The lowest BCUT2D eigenvalue weighted by molar-refractivity contribution is -0.131. The molecule has 4 unspecified atom stereocenters. The summed E-state index contributed by atoms with van der Waals surface area (Å²) in [5.74, 6) is 1.37. The topological polar surface area (TPSA) is 32.3 Å². The molecule has 1 aromatic carbocycles. The number of hydrogen-bond donors (Lipinski definition) is 1. The van der Waals surface area contributed by atoms with Crippen molar-refractivity contribution >= 4 is 5.91 Å². The fourth-order valence-corrected chi connectivity index (χ4v) is 4.40. The summed E-state index contributed by atoms with van der Waals surface area (Å²) in [5.41, 5.74) is 0.860. The van der Waals surface area contributed by atoms with E-state index in [4.69, 9.17) is 0 Å². The second-order valence-electron chi connectivity index (χ2n) is 6.38. The van der Waals surface area contributed by atoms with Crippen molar-refractivity contribution in [1.29, 1.82) is 0 Å². The maximum atomic E-state index is 13.4. The lowest BCUT2D eigenvalue weighted by atomic mass is 9.93. The van der Waals surface area contributed by atoms with Gasteiger partial charge >= 0.3 is 0 Å². The summed E-state index contributed by atoms with van der Waals surface area (Å²) in [5, 5.41) is 3.25. The quantitative estimate of drug-likeness (QED) is 0.898. The molecule has 4 rings (SSSR count). The summed E-state index contributed by atoms with van der Waals surface area (Å²) in [6.45, 7) is 0.370. The number of fused-ring (bicyclic) bond motifs is 2. The van der Waals surface area contributed by atoms with E-state index in [0.29, 0.717) is 18.5 Å². The van der Waals surface area contributed by atoms with E-state index in [1.54, 1.807) is 6.07 Å². The molecule has 3 nitrogen and oxygen atoms in total. The van der Waals surface area contributed by atoms with E-state index in [2.05, 4.69) is 5.32 Å². The van der Waals surface area contributed by atoms with Gasteiger partial charge in [-0.15, -0.1) is 0 Å². The van der Waals surface area contributed by atoms with Gasteiger partial charge in [0.25, 0.3) is 0 Å². The Kier molecular flexibility index (Phi) is 2.81. The molecule has 1 saturated heterocycles. The molecule has 1 aromatic rings. The van der Waals surface area contributed by atoms with Gasteiger partial charge in [-0.2, -0.15) is 0 Å². The van der Waals surface area contributed by atoms with Crippen molar-refractivity contribution in [2.24, 2.45) is 11.8 Å². The van der Waals surface area contributed by atoms with E-state index in [0.717, 1.165) is 17.9 Å². The SMILES string of the molecule is O=C1CNC(c2cccc(F)c2)N1C1CC2CCC1C2. The van der Waals surface area contributed by atoms with Crippen LogP contribution in [0.5, 0.6) is 0 Å². The Labute approximate surface area is 118 Å². The molecule has 3 fully saturated rings. The summed E-state index contributed by atoms with van der Waals surface area (Å²) in [6, 6.07) is 6.95. The Morgan fingerprint density at radius 3 is 2.85 bits per heavy atom. The summed E-state index contributed by atoms with van der Waals surface area (Å²) in [6.07, 6.45) is 4.81. The van der Waals surface area contributed by atoms with E-state index in [-0.39, 0.29) is 17.9 Å². The number of benzene rings is 1. The molecule has 2 saturated carbocycles. The predicted octanol–water partition coefficient (Wildman–Crippen LogP) is 2.44. The molecule has 20 heavy (non-hydrogen) atoms. The van der Waals surface area contributed by atoms with Gasteiger partial charge in [0.15, 0.2) is 0 Å². The average molecular weight is 274 g/mol. The maximum absolute atomic E-state index is 13.4. The minimum Gasteiger partial charge on any atom is -0.319 e. The van der Waals surface area contributed by atoms with Crippen LogP contribution >= 0.6 is 0 Å². The molecular formula is C16H19FN2O. The molecule has 4 atom stereocenters. The Morgan fingerprint density at radius 1 is 1.25 bits per heavy atom. The fraction of sp³-hybridized carbons (Fsp3) is 0.562. The van der Waals surface area contributed by atoms with Crippen LogP contribution < -0.4 is 5.32 Å². The van der Waals surface area contributed by atoms with Gasteiger partial charge < -0.3 is 4.90 Å². The Balaban J connectivity index is 1.64. The van der Waals surface area contributed by atoms with Gasteiger partial charge in [0.05, 0.1) is 6.54 Å². The summed E-state index contributed by atoms with van der Waals surface area (Å²) < 4.78 is 13.4. The Hall–Kier alpha value is -1.42. The molecule has 0 radical (unpaired) electrons. The standard InChI is InChI=1S/C16H19FN2O/c17-13-3-1-2-12(8-13)16-18-9-15(20)19(16)14-7-10-4-5-11(14)6-10/h1-3,8,10-11,14,16,18H,4-7,9H2. The van der Waals surface area contributed by atoms with Crippen LogP contribution in [0, 0.1) is 17.7 Å². The van der Waals surface area contributed by atoms with Gasteiger partial charge in [-0.25, -0.2) is 4.39 Å². The van der Waals surface area contributed by atoms with Crippen molar-refractivity contribution in [1.82, 2.24) is 10.2 Å². The minimum atomic E-state index is -0.239. The van der Waals surface area contributed by atoms with Crippen LogP contribution in [0.15, 0.2) is 24.3 Å². The van der Waals surface area contributed by atoms with Gasteiger partial charge in [0.2, 0.25) is 5.91 Å². The van der Waals surface area contributed by atoms with Crippen LogP contribution in [0.25, 0.3) is 0 Å². The number of amides is 1. The Bertz CT molecular complexity index is 547. The van der Waals surface area contributed by atoms with Crippen molar-refractivity contribution in [3.8, 4) is 0 Å². The van der Waals surface area contributed by atoms with E-state index in [1.807, 2.05) is 11.0 Å². The highest BCUT2D eigenvalue weighted by Crippen LogP contribution is 2.48. The van der Waals surface area contributed by atoms with Crippen LogP contribution in [0.2, 0.25) is 0 Å². The predicted molar refractivity (Wildman–Crippen MR) is 73.2 cm³/mol. The van der Waals surface area contributed by atoms with Gasteiger partial charge in [0, 0.05) is 6.04 Å². The molecule has 2 aliphatic carbocycles. The molecule has 2 bridgehead atoms. The van der Waals surface area contributed by atoms with Crippen LogP contribution in [-0.4, -0.2) is 23.4 Å². The van der Waals surface area contributed by atoms with Gasteiger partial charge in [-0.05, 0) is 48.8 Å². The average Bonchev–Trinajstić information content (AvgIpc) is 3.13. The van der Waals surface area contributed by atoms with Crippen molar-refractivity contribution in [2.45, 2.75) is 37.9 Å². The van der Waals surface area contributed by atoms with Crippen LogP contribution in [-0.2, 0) is 4.79 Å². The smallest absolute Gasteiger partial charge is 0.238 e. The van der Waals surface area contributed by atoms with E-state index in [1.165, 1.54) is 31.4 Å². The number of carbonyl (C=O) groups is 1. The number of hydrogen-bond acceptors (Lipinski definition) is 2. The lowest BCUT2D eigenvalue weighted by Gasteiger charge is -2.35. The summed E-state index contributed by atoms with van der Waals surface area (Å²) >= 11 is 0. The number of halogens is 1. The largest absolute Gasteiger partial charge is 0.319 e. The Morgan fingerprint density at radius 2 is 2.15 bits per heavy atom.